The molecule has 0 amide bonds. The van der Waals surface area contributed by atoms with Crippen molar-refractivity contribution in [2.75, 3.05) is 0 Å². The monoisotopic (exact) mass is 167 g/mol. The van der Waals surface area contributed by atoms with Crippen molar-refractivity contribution in [1.82, 2.24) is 10.1 Å². The van der Waals surface area contributed by atoms with Gasteiger partial charge >= 0.3 is 0 Å². The van der Waals surface area contributed by atoms with Gasteiger partial charge in [0.25, 0.3) is 0 Å². The van der Waals surface area contributed by atoms with Crippen LogP contribution in [-0.2, 0) is 0 Å². The predicted octanol–water partition coefficient (Wildman–Crippen LogP) is 0.888. The maximum atomic E-state index is 9.25. The number of aliphatic hydroxyl groups excluding tert-OH is 1. The lowest BCUT2D eigenvalue weighted by Gasteiger charge is -2.22. The van der Waals surface area contributed by atoms with Crippen LogP contribution >= 0.6 is 0 Å². The molecule has 0 unspecified atom stereocenters. The summed E-state index contributed by atoms with van der Waals surface area (Å²) in [6.45, 7) is 0. The molecule has 1 aliphatic carbocycles. The molecule has 1 N–H and O–H groups in total. The lowest BCUT2D eigenvalue weighted by atomic mass is 9.87. The van der Waals surface area contributed by atoms with Gasteiger partial charge in [-0.25, -0.2) is 0 Å². The first-order valence-electron chi connectivity index (χ1n) is 4.24. The zero-order valence-electron chi connectivity index (χ0n) is 6.73. The molecule has 2 rings (SSSR count). The fourth-order valence-electron chi connectivity index (χ4n) is 1.65. The van der Waals surface area contributed by atoms with Crippen LogP contribution in [0.3, 0.4) is 0 Å². The average molecular weight is 167 g/mol. The Balaban J connectivity index is 1.99. The highest BCUT2D eigenvalue weighted by atomic mass is 16.5. The van der Waals surface area contributed by atoms with Gasteiger partial charge in [0, 0.05) is 5.92 Å². The van der Waals surface area contributed by atoms with E-state index >= 15 is 0 Å². The van der Waals surface area contributed by atoms with Gasteiger partial charge in [0.2, 0.25) is 12.2 Å². The summed E-state index contributed by atoms with van der Waals surface area (Å²) in [7, 11) is 0. The standard InChI is InChI=1S/C8H11N2O2/c11-7-3-1-6(2-4-7)8-9-5-10-12-8/h6-7,11H,1-4H2. The highest BCUT2D eigenvalue weighted by Gasteiger charge is 2.24. The van der Waals surface area contributed by atoms with Gasteiger partial charge in [0.05, 0.1) is 6.10 Å². The van der Waals surface area contributed by atoms with Gasteiger partial charge in [-0.05, 0) is 25.7 Å². The fourth-order valence-corrected chi connectivity index (χ4v) is 1.65. The number of rotatable bonds is 1. The Morgan fingerprint density at radius 3 is 2.67 bits per heavy atom. The van der Waals surface area contributed by atoms with Gasteiger partial charge in [-0.3, -0.25) is 0 Å². The summed E-state index contributed by atoms with van der Waals surface area (Å²) in [4.78, 5) is 3.88. The van der Waals surface area contributed by atoms with Gasteiger partial charge in [-0.2, -0.15) is 4.98 Å². The molecular formula is C8H11N2O2. The van der Waals surface area contributed by atoms with E-state index in [-0.39, 0.29) is 6.10 Å². The molecule has 0 spiro atoms. The van der Waals surface area contributed by atoms with Crippen LogP contribution in [-0.4, -0.2) is 21.4 Å². The smallest absolute Gasteiger partial charge is 0.243 e. The van der Waals surface area contributed by atoms with Gasteiger partial charge in [0.1, 0.15) is 0 Å². The SMILES string of the molecule is OC1CCC(c2n[c]no2)CC1. The van der Waals surface area contributed by atoms with Crippen LogP contribution < -0.4 is 0 Å². The maximum absolute atomic E-state index is 9.25. The van der Waals surface area contributed by atoms with Crippen LogP contribution in [0.25, 0.3) is 0 Å². The van der Waals surface area contributed by atoms with Crippen molar-refractivity contribution in [3.05, 3.63) is 12.2 Å². The van der Waals surface area contributed by atoms with Crippen molar-refractivity contribution in [2.45, 2.75) is 37.7 Å². The molecule has 1 fully saturated rings. The molecule has 1 aromatic heterocycles. The third kappa shape index (κ3) is 1.48. The molecule has 12 heavy (non-hydrogen) atoms. The van der Waals surface area contributed by atoms with Crippen LogP contribution in [0.5, 0.6) is 0 Å². The summed E-state index contributed by atoms with van der Waals surface area (Å²) in [6, 6.07) is 0. The third-order valence-electron chi connectivity index (χ3n) is 2.39. The molecule has 0 aromatic carbocycles. The molecule has 65 valence electrons. The second-order valence-corrected chi connectivity index (χ2v) is 3.24. The minimum Gasteiger partial charge on any atom is -0.393 e. The topological polar surface area (TPSA) is 59.2 Å². The highest BCUT2D eigenvalue weighted by molar-refractivity contribution is 4.91. The Morgan fingerprint density at radius 2 is 2.08 bits per heavy atom. The Morgan fingerprint density at radius 1 is 1.33 bits per heavy atom. The van der Waals surface area contributed by atoms with E-state index in [0.717, 1.165) is 25.7 Å². The third-order valence-corrected chi connectivity index (χ3v) is 2.39. The van der Waals surface area contributed by atoms with Crippen molar-refractivity contribution >= 4 is 0 Å². The predicted molar refractivity (Wildman–Crippen MR) is 40.3 cm³/mol. The van der Waals surface area contributed by atoms with E-state index in [0.29, 0.717) is 11.8 Å². The van der Waals surface area contributed by atoms with E-state index < -0.39 is 0 Å². The van der Waals surface area contributed by atoms with Crippen LogP contribution in [0, 0.1) is 6.33 Å². The van der Waals surface area contributed by atoms with Gasteiger partial charge < -0.3 is 9.63 Å². The Kier molecular flexibility index (Phi) is 2.08. The molecular weight excluding hydrogens is 156 g/mol. The lowest BCUT2D eigenvalue weighted by Crippen LogP contribution is -2.17. The second kappa shape index (κ2) is 3.23. The van der Waals surface area contributed by atoms with Crippen molar-refractivity contribution in [1.29, 1.82) is 0 Å². The number of aromatic nitrogens is 2. The largest absolute Gasteiger partial charge is 0.393 e. The highest BCUT2D eigenvalue weighted by Crippen LogP contribution is 2.31. The van der Waals surface area contributed by atoms with Crippen LogP contribution in [0.1, 0.15) is 37.5 Å². The van der Waals surface area contributed by atoms with Gasteiger partial charge in [-0.1, -0.05) is 5.16 Å². The molecule has 4 nitrogen and oxygen atoms in total. The summed E-state index contributed by atoms with van der Waals surface area (Å²) in [5, 5.41) is 12.7. The number of nitrogens with zero attached hydrogens (tertiary/aromatic N) is 2. The first-order valence-corrected chi connectivity index (χ1v) is 4.24. The van der Waals surface area contributed by atoms with Crippen LogP contribution in [0.15, 0.2) is 4.52 Å². The lowest BCUT2D eigenvalue weighted by molar-refractivity contribution is 0.116. The molecule has 0 bridgehead atoms. The summed E-state index contributed by atoms with van der Waals surface area (Å²) < 4.78 is 4.91. The van der Waals surface area contributed by atoms with Gasteiger partial charge in [0.15, 0.2) is 0 Å². The minimum absolute atomic E-state index is 0.131. The number of hydrogen-bond acceptors (Lipinski definition) is 4. The van der Waals surface area contributed by atoms with E-state index in [1.807, 2.05) is 0 Å². The number of hydrogen-bond donors (Lipinski definition) is 1. The van der Waals surface area contributed by atoms with Crippen LogP contribution in [0.2, 0.25) is 0 Å². The summed E-state index contributed by atoms with van der Waals surface area (Å²) in [5.41, 5.74) is 0. The Bertz CT molecular complexity index is 227. The van der Waals surface area contributed by atoms with Gasteiger partial charge in [-0.15, -0.1) is 0 Å². The second-order valence-electron chi connectivity index (χ2n) is 3.24. The zero-order valence-corrected chi connectivity index (χ0v) is 6.73. The molecule has 4 heteroatoms. The molecule has 0 saturated heterocycles. The first kappa shape index (κ1) is 7.73. The zero-order chi connectivity index (χ0) is 8.39. The van der Waals surface area contributed by atoms with Crippen molar-refractivity contribution < 1.29 is 9.63 Å². The van der Waals surface area contributed by atoms with E-state index in [4.69, 9.17) is 4.52 Å². The summed E-state index contributed by atoms with van der Waals surface area (Å²) in [5.74, 6) is 1.01. The minimum atomic E-state index is -0.131. The molecule has 1 radical (unpaired) electrons. The quantitative estimate of drug-likeness (QED) is 0.674. The average Bonchev–Trinajstić information content (AvgIpc) is 2.58. The van der Waals surface area contributed by atoms with Crippen LogP contribution in [0.4, 0.5) is 0 Å². The first-order chi connectivity index (χ1) is 5.86. The fraction of sp³-hybridized carbons (Fsp3) is 0.750. The number of aliphatic hydroxyl groups is 1. The molecule has 1 heterocycles. The van der Waals surface area contributed by atoms with E-state index in [9.17, 15) is 5.11 Å². The van der Waals surface area contributed by atoms with E-state index in [2.05, 4.69) is 16.5 Å². The normalized spacial score (nSPS) is 30.4. The van der Waals surface area contributed by atoms with E-state index in [1.165, 1.54) is 0 Å². The Labute approximate surface area is 70.6 Å². The maximum Gasteiger partial charge on any atom is 0.243 e. The Hall–Kier alpha value is -0.900. The molecule has 1 aromatic rings. The van der Waals surface area contributed by atoms with Crippen molar-refractivity contribution in [3.8, 4) is 0 Å². The molecule has 0 atom stereocenters. The van der Waals surface area contributed by atoms with Crippen molar-refractivity contribution in [2.24, 2.45) is 0 Å². The molecule has 1 saturated carbocycles. The summed E-state index contributed by atoms with van der Waals surface area (Å²) in [6.07, 6.45) is 5.84. The van der Waals surface area contributed by atoms with E-state index in [1.54, 1.807) is 0 Å². The summed E-state index contributed by atoms with van der Waals surface area (Å²) >= 11 is 0. The molecule has 1 aliphatic rings. The van der Waals surface area contributed by atoms with Crippen molar-refractivity contribution in [3.63, 3.8) is 0 Å². The molecule has 0 aliphatic heterocycles.